The highest BCUT2D eigenvalue weighted by Crippen LogP contribution is 2.30. The van der Waals surface area contributed by atoms with Crippen LogP contribution < -0.4 is 15.4 Å². The lowest BCUT2D eigenvalue weighted by Gasteiger charge is -2.26. The van der Waals surface area contributed by atoms with E-state index in [9.17, 15) is 19.2 Å². The summed E-state index contributed by atoms with van der Waals surface area (Å²) in [6.07, 6.45) is 1.61. The lowest BCUT2D eigenvalue weighted by molar-refractivity contribution is -0.143. The normalized spacial score (nSPS) is 18.0. The highest BCUT2D eigenvalue weighted by atomic mass is 16.5. The van der Waals surface area contributed by atoms with Crippen molar-refractivity contribution < 1.29 is 23.9 Å². The molecule has 40 heavy (non-hydrogen) atoms. The van der Waals surface area contributed by atoms with E-state index in [1.807, 2.05) is 25.1 Å². The number of hydrogen-bond acceptors (Lipinski definition) is 6. The Kier molecular flexibility index (Phi) is 6.64. The fourth-order valence-corrected chi connectivity index (χ4v) is 4.45. The van der Waals surface area contributed by atoms with Gasteiger partial charge < -0.3 is 15.0 Å². The molecular weight excluding hydrogens is 508 g/mol. The summed E-state index contributed by atoms with van der Waals surface area (Å²) in [7, 11) is 0. The molecule has 1 atom stereocenters. The predicted molar refractivity (Wildman–Crippen MR) is 147 cm³/mol. The smallest absolute Gasteiger partial charge is 0.323 e. The Morgan fingerprint density at radius 3 is 2.52 bits per heavy atom. The van der Waals surface area contributed by atoms with Crippen molar-refractivity contribution in [1.29, 1.82) is 0 Å². The zero-order valence-corrected chi connectivity index (χ0v) is 22.6. The topological polar surface area (TPSA) is 118 Å². The van der Waals surface area contributed by atoms with E-state index in [1.54, 1.807) is 63.4 Å². The van der Waals surface area contributed by atoms with Gasteiger partial charge in [0.1, 0.15) is 5.69 Å². The summed E-state index contributed by atoms with van der Waals surface area (Å²) in [5.74, 6) is 5.04. The van der Waals surface area contributed by atoms with Gasteiger partial charge in [-0.1, -0.05) is 41.7 Å². The molecule has 9 nitrogen and oxygen atoms in total. The van der Waals surface area contributed by atoms with Crippen molar-refractivity contribution in [3.8, 4) is 28.8 Å². The van der Waals surface area contributed by atoms with Crippen LogP contribution in [0.1, 0.15) is 47.8 Å². The second-order valence-corrected chi connectivity index (χ2v) is 11.0. The Hall–Kier alpha value is -4.97. The molecule has 3 heterocycles. The lowest BCUT2D eigenvalue weighted by atomic mass is 9.97. The molecule has 0 spiro atoms. The van der Waals surface area contributed by atoms with E-state index in [0.717, 1.165) is 11.1 Å². The third kappa shape index (κ3) is 5.16. The van der Waals surface area contributed by atoms with Crippen LogP contribution in [0.3, 0.4) is 0 Å². The van der Waals surface area contributed by atoms with Crippen LogP contribution in [-0.2, 0) is 16.1 Å². The minimum Gasteiger partial charge on any atom is -0.424 e. The summed E-state index contributed by atoms with van der Waals surface area (Å²) in [6.45, 7) is 7.46. The van der Waals surface area contributed by atoms with Gasteiger partial charge in [-0.15, -0.1) is 0 Å². The number of hydrogen-bond donors (Lipinski definition) is 2. The molecule has 0 bridgehead atoms. The summed E-state index contributed by atoms with van der Waals surface area (Å²) in [6, 6.07) is 15.4. The third-order valence-corrected chi connectivity index (χ3v) is 6.68. The molecule has 2 aliphatic rings. The van der Waals surface area contributed by atoms with Crippen molar-refractivity contribution in [1.82, 2.24) is 20.5 Å². The first-order chi connectivity index (χ1) is 18.9. The van der Waals surface area contributed by atoms with Crippen molar-refractivity contribution in [3.63, 3.8) is 0 Å². The number of urea groups is 1. The third-order valence-electron chi connectivity index (χ3n) is 6.68. The first-order valence-electron chi connectivity index (χ1n) is 12.8. The number of esters is 1. The van der Waals surface area contributed by atoms with Crippen LogP contribution in [0.4, 0.5) is 4.79 Å². The van der Waals surface area contributed by atoms with Crippen LogP contribution in [0.2, 0.25) is 0 Å². The minimum absolute atomic E-state index is 0.0986. The average Bonchev–Trinajstić information content (AvgIpc) is 3.37. The van der Waals surface area contributed by atoms with Crippen molar-refractivity contribution in [2.75, 3.05) is 6.54 Å². The van der Waals surface area contributed by atoms with Gasteiger partial charge in [-0.05, 0) is 63.6 Å². The van der Waals surface area contributed by atoms with E-state index in [0.29, 0.717) is 34.7 Å². The van der Waals surface area contributed by atoms with Gasteiger partial charge in [0.15, 0.2) is 5.75 Å². The van der Waals surface area contributed by atoms with Crippen molar-refractivity contribution in [2.45, 2.75) is 39.8 Å². The predicted octanol–water partition coefficient (Wildman–Crippen LogP) is 3.59. The molecule has 1 fully saturated rings. The number of nitrogens with one attached hydrogen (secondary N) is 2. The van der Waals surface area contributed by atoms with Crippen LogP contribution in [0.25, 0.3) is 11.3 Å². The van der Waals surface area contributed by atoms with Crippen LogP contribution in [0, 0.1) is 24.2 Å². The van der Waals surface area contributed by atoms with Gasteiger partial charge in [0.25, 0.3) is 11.8 Å². The second kappa shape index (κ2) is 9.97. The Morgan fingerprint density at radius 1 is 1.10 bits per heavy atom. The highest BCUT2D eigenvalue weighted by Gasteiger charge is 2.48. The van der Waals surface area contributed by atoms with Crippen molar-refractivity contribution >= 4 is 23.8 Å². The summed E-state index contributed by atoms with van der Waals surface area (Å²) < 4.78 is 5.60. The van der Waals surface area contributed by atoms with Crippen LogP contribution >= 0.6 is 0 Å². The number of carbonyl (C=O) groups excluding carboxylic acids is 4. The number of aryl methyl sites for hydroxylation is 1. The monoisotopic (exact) mass is 536 g/mol. The maximum absolute atomic E-state index is 13.1. The molecular formula is C31H28N4O5. The summed E-state index contributed by atoms with van der Waals surface area (Å²) in [5, 5.41) is 4.87. The van der Waals surface area contributed by atoms with Crippen LogP contribution in [0.15, 0.2) is 60.8 Å². The largest absolute Gasteiger partial charge is 0.424 e. The Balaban J connectivity index is 1.39. The van der Waals surface area contributed by atoms with E-state index in [4.69, 9.17) is 4.74 Å². The molecule has 1 saturated heterocycles. The molecule has 0 saturated carbocycles. The van der Waals surface area contributed by atoms with E-state index in [-0.39, 0.29) is 18.4 Å². The van der Waals surface area contributed by atoms with Gasteiger partial charge >= 0.3 is 12.0 Å². The maximum Gasteiger partial charge on any atom is 0.323 e. The molecule has 4 amide bonds. The van der Waals surface area contributed by atoms with Gasteiger partial charge in [-0.3, -0.25) is 24.7 Å². The standard InChI is InChI=1S/C31H28N4O5/c1-19-7-10-22-17-35(26(36)23(22)16-19)18-31(27(37)33-29(39)34-31)14-13-20-8-11-21(12-9-20)25-24(6-5-15-32-25)40-28(38)30(2,3)4/h5-12,15-16H,17-18H2,1-4H3,(H2,33,34,37,39). The maximum atomic E-state index is 13.1. The number of ether oxygens (including phenoxy) is 1. The Labute approximate surface area is 231 Å². The highest BCUT2D eigenvalue weighted by molar-refractivity contribution is 6.10. The summed E-state index contributed by atoms with van der Waals surface area (Å²) >= 11 is 0. The Morgan fingerprint density at radius 2 is 1.85 bits per heavy atom. The molecule has 5 rings (SSSR count). The van der Waals surface area contributed by atoms with Crippen LogP contribution in [0.5, 0.6) is 5.75 Å². The van der Waals surface area contributed by atoms with Crippen molar-refractivity contribution in [2.24, 2.45) is 5.41 Å². The zero-order valence-electron chi connectivity index (χ0n) is 22.6. The average molecular weight is 537 g/mol. The van der Waals surface area contributed by atoms with Gasteiger partial charge in [-0.2, -0.15) is 0 Å². The molecule has 1 unspecified atom stereocenters. The molecule has 1 aromatic heterocycles. The van der Waals surface area contributed by atoms with Gasteiger partial charge in [0.2, 0.25) is 5.54 Å². The van der Waals surface area contributed by atoms with E-state index >= 15 is 0 Å². The number of imide groups is 1. The first kappa shape index (κ1) is 26.6. The molecule has 0 aliphatic carbocycles. The number of pyridine rings is 1. The van der Waals surface area contributed by atoms with Gasteiger partial charge in [0.05, 0.1) is 12.0 Å². The van der Waals surface area contributed by atoms with Crippen LogP contribution in [-0.4, -0.2) is 45.8 Å². The molecule has 2 aliphatic heterocycles. The quantitative estimate of drug-likeness (QED) is 0.299. The number of fused-ring (bicyclic) bond motifs is 1. The van der Waals surface area contributed by atoms with E-state index in [1.165, 1.54) is 4.90 Å². The fourth-order valence-electron chi connectivity index (χ4n) is 4.45. The minimum atomic E-state index is -1.60. The number of aromatic nitrogens is 1. The number of amides is 4. The SMILES string of the molecule is Cc1ccc2c(c1)C(=O)N(CC1(C#Cc3ccc(-c4ncccc4OC(=O)C(C)(C)C)cc3)NC(=O)NC1=O)C2. The molecule has 0 radical (unpaired) electrons. The second-order valence-electron chi connectivity index (χ2n) is 11.0. The molecule has 9 heteroatoms. The molecule has 2 N–H and O–H groups in total. The molecule has 2 aromatic carbocycles. The van der Waals surface area contributed by atoms with E-state index in [2.05, 4.69) is 27.5 Å². The Bertz CT molecular complexity index is 1610. The molecule has 3 aromatic rings. The number of benzene rings is 2. The lowest BCUT2D eigenvalue weighted by Crippen LogP contribution is -2.54. The zero-order chi connectivity index (χ0) is 28.7. The number of nitrogens with zero attached hydrogens (tertiary/aromatic N) is 2. The summed E-state index contributed by atoms with van der Waals surface area (Å²) in [4.78, 5) is 56.4. The summed E-state index contributed by atoms with van der Waals surface area (Å²) in [5.41, 5.74) is 1.92. The van der Waals surface area contributed by atoms with Gasteiger partial charge in [0, 0.05) is 29.4 Å². The van der Waals surface area contributed by atoms with E-state index < -0.39 is 22.9 Å². The van der Waals surface area contributed by atoms with Crippen molar-refractivity contribution in [3.05, 3.63) is 83.0 Å². The first-order valence-corrected chi connectivity index (χ1v) is 12.8. The number of rotatable bonds is 4. The number of carbonyl (C=O) groups is 4. The fraction of sp³-hybridized carbons (Fsp3) is 0.258. The molecule has 202 valence electrons. The van der Waals surface area contributed by atoms with Gasteiger partial charge in [-0.25, -0.2) is 4.79 Å².